The Labute approximate surface area is 100 Å². The molecule has 0 bridgehead atoms. The van der Waals surface area contributed by atoms with E-state index in [2.05, 4.69) is 24.3 Å². The molecule has 0 radical (unpaired) electrons. The SMILES string of the molecule is CC(C)c1nc(C(C)(C)C)c(C(=O)NN)s1. The molecule has 16 heavy (non-hydrogen) atoms. The zero-order chi connectivity index (χ0) is 12.5. The van der Waals surface area contributed by atoms with Crippen LogP contribution in [0, 0.1) is 0 Å². The van der Waals surface area contributed by atoms with Crippen molar-refractivity contribution in [2.75, 3.05) is 0 Å². The van der Waals surface area contributed by atoms with Gasteiger partial charge in [-0.05, 0) is 0 Å². The van der Waals surface area contributed by atoms with Crippen molar-refractivity contribution in [2.45, 2.75) is 46.0 Å². The second kappa shape index (κ2) is 4.51. The fourth-order valence-corrected chi connectivity index (χ4v) is 2.49. The molecular formula is C11H19N3OS. The largest absolute Gasteiger partial charge is 0.289 e. The summed E-state index contributed by atoms with van der Waals surface area (Å²) in [6.07, 6.45) is 0. The smallest absolute Gasteiger partial charge is 0.277 e. The highest BCUT2D eigenvalue weighted by molar-refractivity contribution is 7.13. The zero-order valence-electron chi connectivity index (χ0n) is 10.4. The molecule has 0 fully saturated rings. The number of carbonyl (C=O) groups is 1. The standard InChI is InChI=1S/C11H19N3OS/c1-6(2)10-13-8(11(3,4)5)7(16-10)9(15)14-12/h6H,12H2,1-5H3,(H,14,15). The summed E-state index contributed by atoms with van der Waals surface area (Å²) in [6, 6.07) is 0. The second-order valence-electron chi connectivity index (χ2n) is 5.11. The summed E-state index contributed by atoms with van der Waals surface area (Å²) in [7, 11) is 0. The third-order valence-corrected chi connectivity index (χ3v) is 3.54. The maximum Gasteiger partial charge on any atom is 0.277 e. The van der Waals surface area contributed by atoms with Gasteiger partial charge in [-0.3, -0.25) is 10.2 Å². The van der Waals surface area contributed by atoms with Crippen molar-refractivity contribution >= 4 is 17.2 Å². The van der Waals surface area contributed by atoms with Crippen LogP contribution in [0.15, 0.2) is 0 Å². The number of nitrogens with zero attached hydrogens (tertiary/aromatic N) is 1. The van der Waals surface area contributed by atoms with Gasteiger partial charge in [0.05, 0.1) is 10.7 Å². The number of amides is 1. The molecule has 0 aliphatic rings. The van der Waals surface area contributed by atoms with Gasteiger partial charge < -0.3 is 0 Å². The number of thiazole rings is 1. The van der Waals surface area contributed by atoms with E-state index in [1.165, 1.54) is 11.3 Å². The van der Waals surface area contributed by atoms with Gasteiger partial charge in [-0.2, -0.15) is 0 Å². The molecule has 0 aliphatic heterocycles. The average Bonchev–Trinajstić information content (AvgIpc) is 2.60. The summed E-state index contributed by atoms with van der Waals surface area (Å²) in [5.41, 5.74) is 2.85. The average molecular weight is 241 g/mol. The molecule has 4 nitrogen and oxygen atoms in total. The Morgan fingerprint density at radius 1 is 1.44 bits per heavy atom. The molecule has 1 amide bonds. The fraction of sp³-hybridized carbons (Fsp3) is 0.636. The Balaban J connectivity index is 3.29. The van der Waals surface area contributed by atoms with E-state index >= 15 is 0 Å². The quantitative estimate of drug-likeness (QED) is 0.473. The second-order valence-corrected chi connectivity index (χ2v) is 6.14. The van der Waals surface area contributed by atoms with Crippen LogP contribution >= 0.6 is 11.3 Å². The summed E-state index contributed by atoms with van der Waals surface area (Å²) in [5.74, 6) is 5.25. The molecule has 0 unspecified atom stereocenters. The summed E-state index contributed by atoms with van der Waals surface area (Å²) in [5, 5.41) is 0.975. The van der Waals surface area contributed by atoms with E-state index in [4.69, 9.17) is 5.84 Å². The fourth-order valence-electron chi connectivity index (χ4n) is 1.31. The minimum atomic E-state index is -0.255. The molecule has 90 valence electrons. The van der Waals surface area contributed by atoms with E-state index in [0.717, 1.165) is 10.7 Å². The molecule has 0 saturated heterocycles. The van der Waals surface area contributed by atoms with Crippen molar-refractivity contribution in [3.05, 3.63) is 15.6 Å². The first-order chi connectivity index (χ1) is 7.27. The lowest BCUT2D eigenvalue weighted by Gasteiger charge is -2.16. The van der Waals surface area contributed by atoms with Crippen LogP contribution in [0.1, 0.15) is 60.9 Å². The van der Waals surface area contributed by atoms with Crippen LogP contribution < -0.4 is 11.3 Å². The van der Waals surface area contributed by atoms with E-state index in [9.17, 15) is 4.79 Å². The molecule has 1 aromatic rings. The summed E-state index contributed by atoms with van der Waals surface area (Å²) in [4.78, 5) is 16.8. The van der Waals surface area contributed by atoms with Gasteiger partial charge in [-0.25, -0.2) is 10.8 Å². The first-order valence-corrected chi connectivity index (χ1v) is 6.11. The number of nitrogens with one attached hydrogen (secondary N) is 1. The lowest BCUT2D eigenvalue weighted by atomic mass is 9.91. The van der Waals surface area contributed by atoms with Crippen molar-refractivity contribution in [3.8, 4) is 0 Å². The first-order valence-electron chi connectivity index (χ1n) is 5.29. The van der Waals surface area contributed by atoms with E-state index in [1.807, 2.05) is 20.8 Å². The number of hydrazine groups is 1. The van der Waals surface area contributed by atoms with Crippen LogP contribution in [0.4, 0.5) is 0 Å². The van der Waals surface area contributed by atoms with Gasteiger partial charge in [-0.1, -0.05) is 34.6 Å². The van der Waals surface area contributed by atoms with Crippen molar-refractivity contribution in [1.82, 2.24) is 10.4 Å². The maximum atomic E-state index is 11.7. The highest BCUT2D eigenvalue weighted by Crippen LogP contribution is 2.32. The van der Waals surface area contributed by atoms with Crippen molar-refractivity contribution in [1.29, 1.82) is 0 Å². The summed E-state index contributed by atoms with van der Waals surface area (Å²) < 4.78 is 0. The third-order valence-electron chi connectivity index (χ3n) is 2.19. The van der Waals surface area contributed by atoms with Crippen LogP contribution in [0.25, 0.3) is 0 Å². The van der Waals surface area contributed by atoms with E-state index in [0.29, 0.717) is 10.8 Å². The molecule has 0 spiro atoms. The van der Waals surface area contributed by atoms with Crippen molar-refractivity contribution in [3.63, 3.8) is 0 Å². The van der Waals surface area contributed by atoms with Gasteiger partial charge in [0.2, 0.25) is 0 Å². The number of nitrogen functional groups attached to an aromatic ring is 1. The monoisotopic (exact) mass is 241 g/mol. The third kappa shape index (κ3) is 2.59. The minimum Gasteiger partial charge on any atom is -0.289 e. The Bertz CT molecular complexity index is 390. The molecule has 1 aromatic heterocycles. The molecule has 1 heterocycles. The molecule has 0 aliphatic carbocycles. The van der Waals surface area contributed by atoms with Crippen molar-refractivity contribution in [2.24, 2.45) is 5.84 Å². The first kappa shape index (κ1) is 13.1. The van der Waals surface area contributed by atoms with Gasteiger partial charge in [0.15, 0.2) is 0 Å². The van der Waals surface area contributed by atoms with Gasteiger partial charge >= 0.3 is 0 Å². The van der Waals surface area contributed by atoms with Crippen LogP contribution in [0.2, 0.25) is 0 Å². The topological polar surface area (TPSA) is 68.0 Å². The Morgan fingerprint density at radius 2 is 2.00 bits per heavy atom. The normalized spacial score (nSPS) is 11.9. The Hall–Kier alpha value is -0.940. The van der Waals surface area contributed by atoms with Crippen LogP contribution in [-0.4, -0.2) is 10.9 Å². The molecule has 0 saturated carbocycles. The molecular weight excluding hydrogens is 222 g/mol. The predicted molar refractivity (Wildman–Crippen MR) is 66.6 cm³/mol. The number of hydrogen-bond donors (Lipinski definition) is 2. The van der Waals surface area contributed by atoms with Gasteiger partial charge in [-0.15, -0.1) is 11.3 Å². The van der Waals surface area contributed by atoms with Crippen LogP contribution in [-0.2, 0) is 5.41 Å². The van der Waals surface area contributed by atoms with Gasteiger partial charge in [0.25, 0.3) is 5.91 Å². The van der Waals surface area contributed by atoms with Crippen LogP contribution in [0.3, 0.4) is 0 Å². The van der Waals surface area contributed by atoms with Gasteiger partial charge in [0.1, 0.15) is 4.88 Å². The molecule has 0 atom stereocenters. The number of rotatable bonds is 2. The highest BCUT2D eigenvalue weighted by Gasteiger charge is 2.27. The minimum absolute atomic E-state index is 0.147. The lowest BCUT2D eigenvalue weighted by Crippen LogP contribution is -2.31. The zero-order valence-corrected chi connectivity index (χ0v) is 11.2. The number of aromatic nitrogens is 1. The van der Waals surface area contributed by atoms with Crippen LogP contribution in [0.5, 0.6) is 0 Å². The van der Waals surface area contributed by atoms with E-state index in [-0.39, 0.29) is 11.3 Å². The van der Waals surface area contributed by atoms with E-state index in [1.54, 1.807) is 0 Å². The maximum absolute atomic E-state index is 11.7. The lowest BCUT2D eigenvalue weighted by molar-refractivity contribution is 0.0955. The van der Waals surface area contributed by atoms with E-state index < -0.39 is 0 Å². The Morgan fingerprint density at radius 3 is 2.38 bits per heavy atom. The summed E-state index contributed by atoms with van der Waals surface area (Å²) >= 11 is 1.42. The molecule has 3 N–H and O–H groups in total. The predicted octanol–water partition coefficient (Wildman–Crippen LogP) is 2.17. The summed E-state index contributed by atoms with van der Waals surface area (Å²) in [6.45, 7) is 10.3. The van der Waals surface area contributed by atoms with Gasteiger partial charge in [0, 0.05) is 11.3 Å². The number of nitrogens with two attached hydrogens (primary N) is 1. The molecule has 0 aromatic carbocycles. The van der Waals surface area contributed by atoms with Crippen molar-refractivity contribution < 1.29 is 4.79 Å². The number of carbonyl (C=O) groups excluding carboxylic acids is 1. The Kier molecular flexibility index (Phi) is 3.70. The molecule has 1 rings (SSSR count). The highest BCUT2D eigenvalue weighted by atomic mass is 32.1. The molecule has 5 heteroatoms. The number of hydrogen-bond acceptors (Lipinski definition) is 4.